The van der Waals surface area contributed by atoms with Gasteiger partial charge >= 0.3 is 5.97 Å². The summed E-state index contributed by atoms with van der Waals surface area (Å²) in [5.74, 6) is -2.12. The van der Waals surface area contributed by atoms with Crippen molar-refractivity contribution in [3.63, 3.8) is 0 Å². The quantitative estimate of drug-likeness (QED) is 0.411. The van der Waals surface area contributed by atoms with Crippen LogP contribution in [-0.2, 0) is 20.8 Å². The van der Waals surface area contributed by atoms with Crippen molar-refractivity contribution in [3.05, 3.63) is 35.9 Å². The largest absolute Gasteiger partial charge is 0.480 e. The maximum absolute atomic E-state index is 12.3. The van der Waals surface area contributed by atoms with Gasteiger partial charge in [0.25, 0.3) is 0 Å². The van der Waals surface area contributed by atoms with Crippen molar-refractivity contribution in [2.24, 2.45) is 5.73 Å². The minimum absolute atomic E-state index is 0.136. The number of thiol groups is 1. The molecule has 3 atom stereocenters. The lowest BCUT2D eigenvalue weighted by Gasteiger charge is -2.21. The van der Waals surface area contributed by atoms with Crippen molar-refractivity contribution in [2.45, 2.75) is 31.5 Å². The predicted molar refractivity (Wildman–Crippen MR) is 89.1 cm³/mol. The molecule has 0 aromatic heterocycles. The van der Waals surface area contributed by atoms with E-state index in [1.54, 1.807) is 0 Å². The summed E-state index contributed by atoms with van der Waals surface area (Å²) in [4.78, 5) is 35.0. The van der Waals surface area contributed by atoms with Crippen LogP contribution in [-0.4, -0.2) is 46.8 Å². The van der Waals surface area contributed by atoms with Gasteiger partial charge in [-0.1, -0.05) is 30.3 Å². The average Bonchev–Trinajstić information content (AvgIpc) is 2.53. The number of rotatable bonds is 8. The number of nitrogens with two attached hydrogens (primary N) is 1. The van der Waals surface area contributed by atoms with Gasteiger partial charge in [-0.3, -0.25) is 14.4 Å². The second-order valence-corrected chi connectivity index (χ2v) is 5.47. The van der Waals surface area contributed by atoms with E-state index >= 15 is 0 Å². The number of nitrogens with one attached hydrogen (secondary N) is 2. The summed E-state index contributed by atoms with van der Waals surface area (Å²) in [7, 11) is 0. The van der Waals surface area contributed by atoms with Gasteiger partial charge in [0.05, 0.1) is 6.04 Å². The molecule has 1 rings (SSSR count). The van der Waals surface area contributed by atoms with E-state index in [9.17, 15) is 14.4 Å². The molecule has 0 radical (unpaired) electrons. The van der Waals surface area contributed by atoms with E-state index in [2.05, 4.69) is 23.3 Å². The Hall–Kier alpha value is -2.06. The Labute approximate surface area is 140 Å². The first-order chi connectivity index (χ1) is 10.8. The Morgan fingerprint density at radius 1 is 1.17 bits per heavy atom. The van der Waals surface area contributed by atoms with Crippen molar-refractivity contribution in [2.75, 3.05) is 5.75 Å². The molecule has 0 aliphatic heterocycles. The number of carboxylic acids is 1. The SMILES string of the molecule is CC(NC(=O)C(Cc1ccccc1)NC(=O)C(N)CS)C(=O)O. The molecule has 0 spiro atoms. The molecule has 0 heterocycles. The van der Waals surface area contributed by atoms with Crippen molar-refractivity contribution in [3.8, 4) is 0 Å². The van der Waals surface area contributed by atoms with Gasteiger partial charge in [-0.15, -0.1) is 0 Å². The molecule has 0 saturated carbocycles. The highest BCUT2D eigenvalue weighted by Gasteiger charge is 2.26. The number of amides is 2. The van der Waals surface area contributed by atoms with Crippen LogP contribution in [0.3, 0.4) is 0 Å². The lowest BCUT2D eigenvalue weighted by Crippen LogP contribution is -2.55. The molecule has 1 aromatic rings. The lowest BCUT2D eigenvalue weighted by atomic mass is 10.0. The normalized spacial score (nSPS) is 14.4. The van der Waals surface area contributed by atoms with Crippen LogP contribution in [0.25, 0.3) is 0 Å². The standard InChI is InChI=1S/C15H21N3O4S/c1-9(15(21)22)17-14(20)12(18-13(19)11(16)8-23)7-10-5-3-2-4-6-10/h2-6,9,11-12,23H,7-8,16H2,1H3,(H,17,20)(H,18,19)(H,21,22). The number of hydrogen-bond donors (Lipinski definition) is 5. The second kappa shape index (κ2) is 9.16. The molecule has 7 nitrogen and oxygen atoms in total. The number of hydrogen-bond acceptors (Lipinski definition) is 5. The average molecular weight is 339 g/mol. The van der Waals surface area contributed by atoms with E-state index in [0.29, 0.717) is 0 Å². The zero-order valence-electron chi connectivity index (χ0n) is 12.7. The molecule has 0 bridgehead atoms. The van der Waals surface area contributed by atoms with E-state index < -0.39 is 35.9 Å². The highest BCUT2D eigenvalue weighted by molar-refractivity contribution is 7.80. The van der Waals surface area contributed by atoms with E-state index in [1.165, 1.54) is 6.92 Å². The van der Waals surface area contributed by atoms with Crippen LogP contribution in [0.2, 0.25) is 0 Å². The molecular formula is C15H21N3O4S. The number of carbonyl (C=O) groups excluding carboxylic acids is 2. The van der Waals surface area contributed by atoms with E-state index in [1.807, 2.05) is 30.3 Å². The van der Waals surface area contributed by atoms with Crippen LogP contribution in [0.5, 0.6) is 0 Å². The molecule has 23 heavy (non-hydrogen) atoms. The topological polar surface area (TPSA) is 122 Å². The molecule has 2 amide bonds. The first kappa shape index (κ1) is 19.0. The Bertz CT molecular complexity index is 553. The van der Waals surface area contributed by atoms with Gasteiger partial charge in [-0.25, -0.2) is 0 Å². The highest BCUT2D eigenvalue weighted by atomic mass is 32.1. The Balaban J connectivity index is 2.84. The molecule has 126 valence electrons. The third kappa shape index (κ3) is 6.29. The van der Waals surface area contributed by atoms with E-state index in [-0.39, 0.29) is 12.2 Å². The fourth-order valence-electron chi connectivity index (χ4n) is 1.80. The van der Waals surface area contributed by atoms with Crippen molar-refractivity contribution >= 4 is 30.4 Å². The molecule has 0 aliphatic carbocycles. The van der Waals surface area contributed by atoms with Crippen LogP contribution in [0, 0.1) is 0 Å². The summed E-state index contributed by atoms with van der Waals surface area (Å²) in [5, 5.41) is 13.8. The highest BCUT2D eigenvalue weighted by Crippen LogP contribution is 2.04. The number of aliphatic carboxylic acids is 1. The van der Waals surface area contributed by atoms with Crippen LogP contribution in [0.15, 0.2) is 30.3 Å². The van der Waals surface area contributed by atoms with Crippen LogP contribution in [0.1, 0.15) is 12.5 Å². The summed E-state index contributed by atoms with van der Waals surface area (Å²) in [6, 6.07) is 6.25. The monoisotopic (exact) mass is 339 g/mol. The number of carbonyl (C=O) groups is 3. The Morgan fingerprint density at radius 2 is 1.78 bits per heavy atom. The summed E-state index contributed by atoms with van der Waals surface area (Å²) < 4.78 is 0. The minimum Gasteiger partial charge on any atom is -0.480 e. The van der Waals surface area contributed by atoms with Gasteiger partial charge in [0.1, 0.15) is 12.1 Å². The molecular weight excluding hydrogens is 318 g/mol. The summed E-state index contributed by atoms with van der Waals surface area (Å²) in [6.07, 6.45) is 0.226. The first-order valence-electron chi connectivity index (χ1n) is 7.09. The second-order valence-electron chi connectivity index (χ2n) is 5.11. The fraction of sp³-hybridized carbons (Fsp3) is 0.400. The van der Waals surface area contributed by atoms with Crippen LogP contribution >= 0.6 is 12.6 Å². The summed E-state index contributed by atoms with van der Waals surface area (Å²) >= 11 is 3.95. The smallest absolute Gasteiger partial charge is 0.325 e. The van der Waals surface area contributed by atoms with Gasteiger partial charge in [-0.2, -0.15) is 12.6 Å². The molecule has 8 heteroatoms. The first-order valence-corrected chi connectivity index (χ1v) is 7.72. The number of carboxylic acid groups (broad SMARTS) is 1. The Kier molecular flexibility index (Phi) is 7.56. The van der Waals surface area contributed by atoms with Gasteiger partial charge in [-0.05, 0) is 12.5 Å². The lowest BCUT2D eigenvalue weighted by molar-refractivity contribution is -0.141. The molecule has 5 N–H and O–H groups in total. The zero-order chi connectivity index (χ0) is 17.4. The maximum Gasteiger partial charge on any atom is 0.325 e. The third-order valence-electron chi connectivity index (χ3n) is 3.18. The van der Waals surface area contributed by atoms with E-state index in [0.717, 1.165) is 5.56 Å². The molecule has 3 unspecified atom stereocenters. The Morgan fingerprint density at radius 3 is 2.30 bits per heavy atom. The van der Waals surface area contributed by atoms with E-state index in [4.69, 9.17) is 10.8 Å². The van der Waals surface area contributed by atoms with Gasteiger partial charge in [0.15, 0.2) is 0 Å². The maximum atomic E-state index is 12.3. The van der Waals surface area contributed by atoms with Crippen LogP contribution in [0.4, 0.5) is 0 Å². The molecule has 1 aromatic carbocycles. The summed E-state index contributed by atoms with van der Waals surface area (Å²) in [5.41, 5.74) is 6.42. The van der Waals surface area contributed by atoms with Crippen molar-refractivity contribution in [1.82, 2.24) is 10.6 Å². The van der Waals surface area contributed by atoms with Crippen molar-refractivity contribution < 1.29 is 19.5 Å². The van der Waals surface area contributed by atoms with Gasteiger partial charge < -0.3 is 21.5 Å². The van der Waals surface area contributed by atoms with Gasteiger partial charge in [0.2, 0.25) is 11.8 Å². The number of benzene rings is 1. The van der Waals surface area contributed by atoms with Crippen LogP contribution < -0.4 is 16.4 Å². The third-order valence-corrected chi connectivity index (χ3v) is 3.57. The predicted octanol–water partition coefficient (Wildman–Crippen LogP) is -0.440. The molecule has 0 aliphatic rings. The fourth-order valence-corrected chi connectivity index (χ4v) is 1.96. The van der Waals surface area contributed by atoms with Crippen molar-refractivity contribution in [1.29, 1.82) is 0 Å². The molecule has 0 saturated heterocycles. The minimum atomic E-state index is -1.16. The van der Waals surface area contributed by atoms with Gasteiger partial charge in [0, 0.05) is 12.2 Å². The molecule has 0 fully saturated rings. The zero-order valence-corrected chi connectivity index (χ0v) is 13.6. The summed E-state index contributed by atoms with van der Waals surface area (Å²) in [6.45, 7) is 1.35.